The normalized spacial score (nSPS) is 17.0. The van der Waals surface area contributed by atoms with E-state index in [9.17, 15) is 9.59 Å². The maximum absolute atomic E-state index is 12.6. The number of hydrogen-bond acceptors (Lipinski definition) is 8. The number of cyclic esters (lactones) is 1. The van der Waals surface area contributed by atoms with Crippen LogP contribution in [0.1, 0.15) is 24.8 Å². The third-order valence-corrected chi connectivity index (χ3v) is 5.98. The molecule has 0 N–H and O–H groups in total. The Bertz CT molecular complexity index is 1230. The second-order valence-corrected chi connectivity index (χ2v) is 8.21. The van der Waals surface area contributed by atoms with Gasteiger partial charge in [-0.05, 0) is 42.7 Å². The average molecular weight is 463 g/mol. The van der Waals surface area contributed by atoms with E-state index in [-0.39, 0.29) is 11.9 Å². The van der Waals surface area contributed by atoms with Gasteiger partial charge in [-0.1, -0.05) is 0 Å². The number of aryl methyl sites for hydroxylation is 1. The van der Waals surface area contributed by atoms with Gasteiger partial charge in [-0.25, -0.2) is 9.78 Å². The molecule has 2 aromatic heterocycles. The summed E-state index contributed by atoms with van der Waals surface area (Å²) in [4.78, 5) is 35.4. The predicted octanol–water partition coefficient (Wildman–Crippen LogP) is 3.72. The fraction of sp³-hybridized carbons (Fsp3) is 0.360. The summed E-state index contributed by atoms with van der Waals surface area (Å²) in [7, 11) is 1.57. The minimum absolute atomic E-state index is 0.113. The second-order valence-electron chi connectivity index (χ2n) is 8.21. The molecule has 0 bridgehead atoms. The number of fused-ring (bicyclic) bond motifs is 2. The summed E-state index contributed by atoms with van der Waals surface area (Å²) in [6.07, 6.45) is 2.73. The molecule has 0 unspecified atom stereocenters. The molecule has 176 valence electrons. The second kappa shape index (κ2) is 9.54. The maximum Gasteiger partial charge on any atom is 0.414 e. The van der Waals surface area contributed by atoms with Crippen molar-refractivity contribution in [3.05, 3.63) is 48.2 Å². The van der Waals surface area contributed by atoms with Crippen LogP contribution in [-0.4, -0.2) is 54.8 Å². The van der Waals surface area contributed by atoms with Crippen LogP contribution in [-0.2, 0) is 16.0 Å². The van der Waals surface area contributed by atoms with E-state index in [1.54, 1.807) is 36.4 Å². The average Bonchev–Trinajstić information content (AvgIpc) is 3.25. The van der Waals surface area contributed by atoms with Crippen LogP contribution in [0.15, 0.2) is 42.6 Å². The summed E-state index contributed by atoms with van der Waals surface area (Å²) in [5.41, 5.74) is 3.15. The number of aromatic nitrogens is 2. The topological polar surface area (TPSA) is 100 Å². The number of nitrogens with zero attached hydrogens (tertiary/aromatic N) is 3. The highest BCUT2D eigenvalue weighted by Gasteiger charge is 2.33. The quantitative estimate of drug-likeness (QED) is 0.498. The number of hydrogen-bond donors (Lipinski definition) is 0. The third kappa shape index (κ3) is 4.59. The number of carbonyl (C=O) groups is 2. The standard InChI is InChI=1S/C25H25N3O6/c1-31-23-9-7-20-24(27-23)16(10-11-26-20)2-4-18(29)5-6-19-15-28(25(30)34-19)17-3-8-21-22(14-17)33-13-12-32-21/h3,7-11,14,19H,2,4-6,12-13,15H2,1H3/t19-/m0/s1. The van der Waals surface area contributed by atoms with E-state index in [1.165, 1.54) is 0 Å². The monoisotopic (exact) mass is 463 g/mol. The number of anilines is 1. The summed E-state index contributed by atoms with van der Waals surface area (Å²) in [5.74, 6) is 1.91. The number of Topliss-reactive ketones (excluding diaryl/α,β-unsaturated/α-hetero) is 1. The number of methoxy groups -OCH3 is 1. The molecule has 3 aromatic rings. The lowest BCUT2D eigenvalue weighted by atomic mass is 10.0. The Hall–Kier alpha value is -3.88. The molecule has 9 heteroatoms. The minimum Gasteiger partial charge on any atom is -0.486 e. The first-order valence-electron chi connectivity index (χ1n) is 11.3. The van der Waals surface area contributed by atoms with Gasteiger partial charge in [0.05, 0.1) is 30.4 Å². The van der Waals surface area contributed by atoms with Gasteiger partial charge in [-0.3, -0.25) is 14.7 Å². The van der Waals surface area contributed by atoms with E-state index >= 15 is 0 Å². The lowest BCUT2D eigenvalue weighted by molar-refractivity contribution is -0.119. The molecule has 9 nitrogen and oxygen atoms in total. The fourth-order valence-corrected chi connectivity index (χ4v) is 4.18. The van der Waals surface area contributed by atoms with Gasteiger partial charge in [0.2, 0.25) is 5.88 Å². The molecule has 1 aromatic carbocycles. The van der Waals surface area contributed by atoms with Crippen molar-refractivity contribution in [2.24, 2.45) is 0 Å². The number of benzene rings is 1. The van der Waals surface area contributed by atoms with Crippen molar-refractivity contribution in [1.29, 1.82) is 0 Å². The maximum atomic E-state index is 12.6. The van der Waals surface area contributed by atoms with Crippen molar-refractivity contribution in [1.82, 2.24) is 9.97 Å². The molecule has 0 spiro atoms. The SMILES string of the molecule is COc1ccc2nccc(CCC(=O)CC[C@H]3CN(c4ccc5c(c4)OCCO5)C(=O)O3)c2n1. The molecule has 1 fully saturated rings. The van der Waals surface area contributed by atoms with Gasteiger partial charge in [0.15, 0.2) is 11.5 Å². The van der Waals surface area contributed by atoms with Crippen LogP contribution >= 0.6 is 0 Å². The highest BCUT2D eigenvalue weighted by atomic mass is 16.6. The highest BCUT2D eigenvalue weighted by Crippen LogP contribution is 2.35. The Balaban J connectivity index is 1.15. The van der Waals surface area contributed by atoms with Crippen LogP contribution in [0.3, 0.4) is 0 Å². The Kier molecular flexibility index (Phi) is 6.16. The van der Waals surface area contributed by atoms with Gasteiger partial charge in [-0.15, -0.1) is 0 Å². The number of rotatable bonds is 8. The summed E-state index contributed by atoms with van der Waals surface area (Å²) >= 11 is 0. The fourth-order valence-electron chi connectivity index (χ4n) is 4.18. The van der Waals surface area contributed by atoms with E-state index in [0.717, 1.165) is 16.6 Å². The summed E-state index contributed by atoms with van der Waals surface area (Å²) in [5, 5.41) is 0. The molecule has 34 heavy (non-hydrogen) atoms. The van der Waals surface area contributed by atoms with Gasteiger partial charge in [0, 0.05) is 31.2 Å². The Morgan fingerprint density at radius 1 is 1.12 bits per heavy atom. The minimum atomic E-state index is -0.419. The van der Waals surface area contributed by atoms with E-state index in [0.29, 0.717) is 68.5 Å². The van der Waals surface area contributed by atoms with Crippen LogP contribution in [0, 0.1) is 0 Å². The molecule has 2 aliphatic rings. The number of ketones is 1. The van der Waals surface area contributed by atoms with Crippen molar-refractivity contribution in [2.45, 2.75) is 31.8 Å². The van der Waals surface area contributed by atoms with Gasteiger partial charge >= 0.3 is 6.09 Å². The van der Waals surface area contributed by atoms with Crippen LogP contribution < -0.4 is 19.1 Å². The lowest BCUT2D eigenvalue weighted by Gasteiger charge is -2.21. The number of ether oxygens (including phenoxy) is 4. The summed E-state index contributed by atoms with van der Waals surface area (Å²) in [6.45, 7) is 1.38. The molecule has 4 heterocycles. The van der Waals surface area contributed by atoms with Gasteiger partial charge in [0.25, 0.3) is 0 Å². The zero-order valence-electron chi connectivity index (χ0n) is 18.9. The first-order chi connectivity index (χ1) is 16.6. The number of pyridine rings is 2. The van der Waals surface area contributed by atoms with Crippen LogP contribution in [0.25, 0.3) is 11.0 Å². The van der Waals surface area contributed by atoms with Crippen LogP contribution in [0.2, 0.25) is 0 Å². The molecular weight excluding hydrogens is 438 g/mol. The van der Waals surface area contributed by atoms with E-state index in [4.69, 9.17) is 18.9 Å². The first-order valence-corrected chi connectivity index (χ1v) is 11.3. The Labute approximate surface area is 196 Å². The van der Waals surface area contributed by atoms with Crippen LogP contribution in [0.4, 0.5) is 10.5 Å². The molecule has 0 aliphatic carbocycles. The smallest absolute Gasteiger partial charge is 0.414 e. The molecule has 5 rings (SSSR count). The molecular formula is C25H25N3O6. The predicted molar refractivity (Wildman–Crippen MR) is 124 cm³/mol. The van der Waals surface area contributed by atoms with E-state index in [2.05, 4.69) is 9.97 Å². The molecule has 0 saturated carbocycles. The largest absolute Gasteiger partial charge is 0.486 e. The molecule has 0 radical (unpaired) electrons. The van der Waals surface area contributed by atoms with Gasteiger partial charge in [-0.2, -0.15) is 0 Å². The molecule has 2 aliphatic heterocycles. The molecule has 1 saturated heterocycles. The zero-order chi connectivity index (χ0) is 23.5. The van der Waals surface area contributed by atoms with Crippen molar-refractivity contribution in [3.8, 4) is 17.4 Å². The summed E-state index contributed by atoms with van der Waals surface area (Å²) < 4.78 is 21.8. The van der Waals surface area contributed by atoms with Crippen molar-refractivity contribution < 1.29 is 28.5 Å². The third-order valence-electron chi connectivity index (χ3n) is 5.98. The first kappa shape index (κ1) is 21.9. The van der Waals surface area contributed by atoms with Crippen molar-refractivity contribution in [2.75, 3.05) is 31.8 Å². The number of amides is 1. The van der Waals surface area contributed by atoms with E-state index in [1.807, 2.05) is 18.2 Å². The van der Waals surface area contributed by atoms with Gasteiger partial charge < -0.3 is 18.9 Å². The molecule has 1 atom stereocenters. The van der Waals surface area contributed by atoms with Crippen molar-refractivity contribution in [3.63, 3.8) is 0 Å². The van der Waals surface area contributed by atoms with E-state index < -0.39 is 6.09 Å². The van der Waals surface area contributed by atoms with Gasteiger partial charge in [0.1, 0.15) is 25.1 Å². The lowest BCUT2D eigenvalue weighted by Crippen LogP contribution is -2.25. The number of carbonyl (C=O) groups excluding carboxylic acids is 2. The summed E-state index contributed by atoms with van der Waals surface area (Å²) in [6, 6.07) is 10.9. The zero-order valence-corrected chi connectivity index (χ0v) is 18.9. The Morgan fingerprint density at radius 2 is 1.97 bits per heavy atom. The highest BCUT2D eigenvalue weighted by molar-refractivity contribution is 5.90. The van der Waals surface area contributed by atoms with Crippen LogP contribution in [0.5, 0.6) is 17.4 Å². The Morgan fingerprint density at radius 3 is 2.82 bits per heavy atom. The van der Waals surface area contributed by atoms with Crippen molar-refractivity contribution >= 4 is 28.6 Å². The molecule has 1 amide bonds.